The Morgan fingerprint density at radius 1 is 0.974 bits per heavy atom. The van der Waals surface area contributed by atoms with E-state index < -0.39 is 0 Å². The minimum absolute atomic E-state index is 0.0353. The third kappa shape index (κ3) is 6.03. The fourth-order valence-corrected chi connectivity index (χ4v) is 6.03. The molecule has 1 saturated heterocycles. The maximum Gasteiger partial charge on any atom is 0.275 e. The normalized spacial score (nSPS) is 14.7. The van der Waals surface area contributed by atoms with Gasteiger partial charge in [0.1, 0.15) is 5.69 Å². The van der Waals surface area contributed by atoms with Crippen LogP contribution in [0.15, 0.2) is 84.2 Å². The number of piperidine rings is 1. The molecule has 5 nitrogen and oxygen atoms in total. The second-order valence-electron chi connectivity index (χ2n) is 10.1. The highest BCUT2D eigenvalue weighted by Crippen LogP contribution is 2.32. The molecule has 0 bridgehead atoms. The predicted molar refractivity (Wildman–Crippen MR) is 155 cm³/mol. The molecule has 6 heteroatoms. The van der Waals surface area contributed by atoms with E-state index in [4.69, 9.17) is 4.98 Å². The van der Waals surface area contributed by atoms with Crippen LogP contribution in [0.5, 0.6) is 0 Å². The SMILES string of the molecule is Cc1ccc(-c2ccccc2NC(=O)c2csc(C3CCN(C(=O)C(C)Cc4ccccc4)CC3)n2)cc1. The molecule has 1 N–H and O–H groups in total. The van der Waals surface area contributed by atoms with Crippen molar-refractivity contribution in [3.63, 3.8) is 0 Å². The zero-order valence-corrected chi connectivity index (χ0v) is 22.7. The van der Waals surface area contributed by atoms with Crippen LogP contribution >= 0.6 is 11.3 Å². The van der Waals surface area contributed by atoms with Crippen molar-refractivity contribution in [2.24, 2.45) is 5.92 Å². The predicted octanol–water partition coefficient (Wildman–Crippen LogP) is 6.96. The van der Waals surface area contributed by atoms with Gasteiger partial charge in [-0.3, -0.25) is 9.59 Å². The van der Waals surface area contributed by atoms with E-state index in [9.17, 15) is 9.59 Å². The highest BCUT2D eigenvalue weighted by atomic mass is 32.1. The number of amides is 2. The van der Waals surface area contributed by atoms with Crippen molar-refractivity contribution in [2.45, 2.75) is 39.0 Å². The molecular formula is C32H33N3O2S. The number of aromatic nitrogens is 1. The van der Waals surface area contributed by atoms with E-state index in [1.807, 2.05) is 59.7 Å². The zero-order valence-electron chi connectivity index (χ0n) is 21.9. The first-order chi connectivity index (χ1) is 18.5. The standard InChI is InChI=1S/C32H33N3O2S/c1-22-12-14-25(15-13-22)27-10-6-7-11-28(27)33-30(36)29-21-38-31(34-29)26-16-18-35(19-17-26)32(37)23(2)20-24-8-4-3-5-9-24/h3-15,21,23,26H,16-20H2,1-2H3,(H,33,36). The Labute approximate surface area is 228 Å². The number of anilines is 1. The highest BCUT2D eigenvalue weighted by molar-refractivity contribution is 7.10. The van der Waals surface area contributed by atoms with Crippen LogP contribution in [-0.2, 0) is 11.2 Å². The number of thiazole rings is 1. The number of hydrogen-bond acceptors (Lipinski definition) is 4. The maximum atomic E-state index is 13.1. The zero-order chi connectivity index (χ0) is 26.5. The number of likely N-dealkylation sites (tertiary alicyclic amines) is 1. The van der Waals surface area contributed by atoms with E-state index in [-0.39, 0.29) is 23.7 Å². The summed E-state index contributed by atoms with van der Waals surface area (Å²) in [7, 11) is 0. The molecule has 1 aliphatic rings. The van der Waals surface area contributed by atoms with Crippen LogP contribution < -0.4 is 5.32 Å². The van der Waals surface area contributed by atoms with Gasteiger partial charge in [0.15, 0.2) is 0 Å². The van der Waals surface area contributed by atoms with Gasteiger partial charge in [-0.1, -0.05) is 85.3 Å². The van der Waals surface area contributed by atoms with E-state index in [0.717, 1.165) is 54.2 Å². The van der Waals surface area contributed by atoms with Gasteiger partial charge >= 0.3 is 0 Å². The van der Waals surface area contributed by atoms with E-state index in [2.05, 4.69) is 48.6 Å². The van der Waals surface area contributed by atoms with Gasteiger partial charge in [-0.15, -0.1) is 11.3 Å². The van der Waals surface area contributed by atoms with Crippen LogP contribution in [0, 0.1) is 12.8 Å². The van der Waals surface area contributed by atoms with Crippen LogP contribution in [0.2, 0.25) is 0 Å². The van der Waals surface area contributed by atoms with Crippen molar-refractivity contribution in [2.75, 3.05) is 18.4 Å². The van der Waals surface area contributed by atoms with Crippen molar-refractivity contribution < 1.29 is 9.59 Å². The molecule has 38 heavy (non-hydrogen) atoms. The Kier molecular flexibility index (Phi) is 7.99. The molecule has 2 amide bonds. The van der Waals surface area contributed by atoms with E-state index >= 15 is 0 Å². The highest BCUT2D eigenvalue weighted by Gasteiger charge is 2.28. The monoisotopic (exact) mass is 523 g/mol. The molecule has 1 fully saturated rings. The number of carbonyl (C=O) groups is 2. The van der Waals surface area contributed by atoms with Gasteiger partial charge < -0.3 is 10.2 Å². The van der Waals surface area contributed by atoms with Crippen LogP contribution in [0.1, 0.15) is 52.3 Å². The van der Waals surface area contributed by atoms with Crippen molar-refractivity contribution in [3.05, 3.63) is 106 Å². The summed E-state index contributed by atoms with van der Waals surface area (Å²) in [4.78, 5) is 32.8. The van der Waals surface area contributed by atoms with Gasteiger partial charge in [-0.25, -0.2) is 4.98 Å². The van der Waals surface area contributed by atoms with Gasteiger partial charge in [-0.2, -0.15) is 0 Å². The third-order valence-corrected chi connectivity index (χ3v) is 8.26. The minimum Gasteiger partial charge on any atom is -0.342 e. The number of nitrogens with one attached hydrogen (secondary N) is 1. The fraction of sp³-hybridized carbons (Fsp3) is 0.281. The quantitative estimate of drug-likeness (QED) is 0.285. The molecule has 3 aromatic carbocycles. The second-order valence-corrected chi connectivity index (χ2v) is 11.0. The summed E-state index contributed by atoms with van der Waals surface area (Å²) in [6.07, 6.45) is 2.50. The molecule has 0 saturated carbocycles. The molecule has 2 heterocycles. The lowest BCUT2D eigenvalue weighted by Crippen LogP contribution is -2.41. The van der Waals surface area contributed by atoms with E-state index in [1.54, 1.807) is 0 Å². The second kappa shape index (κ2) is 11.7. The van der Waals surface area contributed by atoms with E-state index in [1.165, 1.54) is 22.5 Å². The molecule has 4 aromatic rings. The third-order valence-electron chi connectivity index (χ3n) is 7.25. The topological polar surface area (TPSA) is 62.3 Å². The molecule has 194 valence electrons. The minimum atomic E-state index is -0.200. The number of benzene rings is 3. The van der Waals surface area contributed by atoms with Crippen molar-refractivity contribution in [1.29, 1.82) is 0 Å². The number of aryl methyl sites for hydroxylation is 1. The lowest BCUT2D eigenvalue weighted by Gasteiger charge is -2.33. The van der Waals surface area contributed by atoms with Crippen LogP contribution in [0.4, 0.5) is 5.69 Å². The number of carbonyl (C=O) groups excluding carboxylic acids is 2. The van der Waals surface area contributed by atoms with Crippen molar-refractivity contribution in [1.82, 2.24) is 9.88 Å². The summed E-state index contributed by atoms with van der Waals surface area (Å²) < 4.78 is 0. The Balaban J connectivity index is 1.18. The summed E-state index contributed by atoms with van der Waals surface area (Å²) in [6.45, 7) is 5.54. The van der Waals surface area contributed by atoms with Gasteiger partial charge in [0.05, 0.1) is 5.01 Å². The van der Waals surface area contributed by atoms with E-state index in [0.29, 0.717) is 5.69 Å². The molecule has 1 aromatic heterocycles. The molecular weight excluding hydrogens is 490 g/mol. The number of nitrogens with zero attached hydrogens (tertiary/aromatic N) is 2. The first kappa shape index (κ1) is 25.9. The summed E-state index contributed by atoms with van der Waals surface area (Å²) >= 11 is 1.54. The first-order valence-electron chi connectivity index (χ1n) is 13.2. The van der Waals surface area contributed by atoms with Gasteiger partial charge in [0.2, 0.25) is 5.91 Å². The molecule has 1 aliphatic heterocycles. The Hall–Kier alpha value is -3.77. The van der Waals surface area contributed by atoms with Crippen LogP contribution in [0.3, 0.4) is 0 Å². The molecule has 5 rings (SSSR count). The molecule has 0 spiro atoms. The molecule has 0 radical (unpaired) electrons. The number of rotatable bonds is 7. The van der Waals surface area contributed by atoms with Crippen LogP contribution in [-0.4, -0.2) is 34.8 Å². The first-order valence-corrected chi connectivity index (χ1v) is 14.1. The molecule has 1 unspecified atom stereocenters. The summed E-state index contributed by atoms with van der Waals surface area (Å²) in [6, 6.07) is 26.3. The fourth-order valence-electron chi connectivity index (χ4n) is 5.06. The Morgan fingerprint density at radius 3 is 2.39 bits per heavy atom. The largest absolute Gasteiger partial charge is 0.342 e. The van der Waals surface area contributed by atoms with Gasteiger partial charge in [-0.05, 0) is 43.4 Å². The van der Waals surface area contributed by atoms with Crippen LogP contribution in [0.25, 0.3) is 11.1 Å². The number of para-hydroxylation sites is 1. The summed E-state index contributed by atoms with van der Waals surface area (Å²) in [5.41, 5.74) is 5.64. The lowest BCUT2D eigenvalue weighted by molar-refractivity contribution is -0.136. The van der Waals surface area contributed by atoms with Crippen molar-refractivity contribution >= 4 is 28.8 Å². The van der Waals surface area contributed by atoms with Crippen molar-refractivity contribution in [3.8, 4) is 11.1 Å². The maximum absolute atomic E-state index is 13.1. The average molecular weight is 524 g/mol. The number of hydrogen-bond donors (Lipinski definition) is 1. The average Bonchev–Trinajstić information content (AvgIpc) is 3.45. The lowest BCUT2D eigenvalue weighted by atomic mass is 9.94. The molecule has 0 aliphatic carbocycles. The van der Waals surface area contributed by atoms with Gasteiger partial charge in [0.25, 0.3) is 5.91 Å². The summed E-state index contributed by atoms with van der Waals surface area (Å²) in [5.74, 6) is 0.259. The summed E-state index contributed by atoms with van der Waals surface area (Å²) in [5, 5.41) is 5.89. The van der Waals surface area contributed by atoms with Gasteiger partial charge in [0, 0.05) is 41.6 Å². The smallest absolute Gasteiger partial charge is 0.275 e. The Morgan fingerprint density at radius 2 is 1.66 bits per heavy atom. The Bertz CT molecular complexity index is 1390. The molecule has 1 atom stereocenters.